The number of hydrogen-bond acceptors (Lipinski definition) is 4. The summed E-state index contributed by atoms with van der Waals surface area (Å²) in [6, 6.07) is 1.70. The van der Waals surface area contributed by atoms with Crippen LogP contribution in [0.1, 0.15) is 30.8 Å². The van der Waals surface area contributed by atoms with Crippen LogP contribution in [0.4, 0.5) is 0 Å². The van der Waals surface area contributed by atoms with E-state index in [1.54, 1.807) is 24.0 Å². The fraction of sp³-hybridized carbons (Fsp3) is 0.706. The Balaban J connectivity index is 1.52. The molecule has 0 unspecified atom stereocenters. The molecular weight excluding hydrogens is 308 g/mol. The monoisotopic (exact) mass is 334 g/mol. The van der Waals surface area contributed by atoms with Gasteiger partial charge in [0.05, 0.1) is 12.7 Å². The molecule has 0 bridgehead atoms. The normalized spacial score (nSPS) is 26.0. The molecule has 2 aliphatic heterocycles. The van der Waals surface area contributed by atoms with Gasteiger partial charge >= 0.3 is 0 Å². The van der Waals surface area contributed by atoms with Gasteiger partial charge in [-0.25, -0.2) is 0 Å². The van der Waals surface area contributed by atoms with Crippen LogP contribution in [0.15, 0.2) is 12.3 Å². The first-order valence-corrected chi connectivity index (χ1v) is 8.61. The zero-order valence-corrected chi connectivity index (χ0v) is 14.6. The second-order valence-electron chi connectivity index (χ2n) is 7.24. The third-order valence-corrected chi connectivity index (χ3v) is 4.95. The van der Waals surface area contributed by atoms with Gasteiger partial charge < -0.3 is 15.0 Å². The third kappa shape index (κ3) is 3.45. The highest BCUT2D eigenvalue weighted by Gasteiger charge is 2.45. The summed E-state index contributed by atoms with van der Waals surface area (Å²) in [5.41, 5.74) is 0.547. The van der Waals surface area contributed by atoms with Crippen molar-refractivity contribution in [3.63, 3.8) is 0 Å². The van der Waals surface area contributed by atoms with E-state index in [1.165, 1.54) is 0 Å². The molecule has 1 N–H and O–H groups in total. The minimum atomic E-state index is -0.121. The number of likely N-dealkylation sites (tertiary alicyclic amines) is 1. The van der Waals surface area contributed by atoms with Crippen molar-refractivity contribution >= 4 is 11.8 Å². The van der Waals surface area contributed by atoms with Gasteiger partial charge in [-0.1, -0.05) is 13.8 Å². The second-order valence-corrected chi connectivity index (χ2v) is 7.24. The molecule has 2 amide bonds. The Morgan fingerprint density at radius 1 is 1.42 bits per heavy atom. The Bertz CT molecular complexity index is 613. The Morgan fingerprint density at radius 3 is 2.88 bits per heavy atom. The van der Waals surface area contributed by atoms with Gasteiger partial charge in [-0.2, -0.15) is 5.10 Å². The lowest BCUT2D eigenvalue weighted by molar-refractivity contribution is -0.131. The molecular formula is C17H26N4O3. The molecule has 1 aromatic rings. The first-order valence-electron chi connectivity index (χ1n) is 8.61. The summed E-state index contributed by atoms with van der Waals surface area (Å²) in [5, 5.41) is 6.98. The number of aryl methyl sites for hydroxylation is 1. The Hall–Kier alpha value is -1.89. The average Bonchev–Trinajstić information content (AvgIpc) is 3.19. The van der Waals surface area contributed by atoms with Crippen molar-refractivity contribution in [3.8, 4) is 0 Å². The first-order chi connectivity index (χ1) is 11.5. The molecule has 0 spiro atoms. The predicted octanol–water partition coefficient (Wildman–Crippen LogP) is 0.669. The average molecular weight is 334 g/mol. The fourth-order valence-corrected chi connectivity index (χ4v) is 3.60. The molecule has 24 heavy (non-hydrogen) atoms. The van der Waals surface area contributed by atoms with E-state index in [2.05, 4.69) is 24.3 Å². The number of ether oxygens (including phenoxy) is 1. The lowest BCUT2D eigenvalue weighted by atomic mass is 9.93. The van der Waals surface area contributed by atoms with E-state index >= 15 is 0 Å². The van der Waals surface area contributed by atoms with Crippen LogP contribution in [0.5, 0.6) is 0 Å². The minimum absolute atomic E-state index is 0.111. The molecule has 2 aliphatic rings. The SMILES string of the molecule is CC(C)CC(=O)N1C[C@@H]2[C@H](CNC(=O)c3ccnn3C)CO[C@@H]2C1. The molecule has 2 fully saturated rings. The standard InChI is InChI=1S/C17H26N4O3/c1-11(2)6-16(22)21-8-13-12(10-24-15(13)9-21)7-18-17(23)14-4-5-19-20(14)3/h4-5,11-13,15H,6-10H2,1-3H3,(H,18,23)/t12-,13-,15-/m1/s1. The van der Waals surface area contributed by atoms with Gasteiger partial charge in [0.2, 0.25) is 5.91 Å². The third-order valence-electron chi connectivity index (χ3n) is 4.95. The summed E-state index contributed by atoms with van der Waals surface area (Å²) in [5.74, 6) is 1.02. The number of hydrogen-bond donors (Lipinski definition) is 1. The first kappa shape index (κ1) is 17.0. The quantitative estimate of drug-likeness (QED) is 0.859. The number of aromatic nitrogens is 2. The summed E-state index contributed by atoms with van der Waals surface area (Å²) in [6.45, 7) is 6.75. The maximum atomic E-state index is 12.2. The summed E-state index contributed by atoms with van der Waals surface area (Å²) < 4.78 is 7.42. The van der Waals surface area contributed by atoms with E-state index in [-0.39, 0.29) is 23.8 Å². The zero-order valence-electron chi connectivity index (χ0n) is 14.6. The minimum Gasteiger partial charge on any atom is -0.376 e. The van der Waals surface area contributed by atoms with E-state index in [0.29, 0.717) is 43.6 Å². The predicted molar refractivity (Wildman–Crippen MR) is 88.3 cm³/mol. The molecule has 3 atom stereocenters. The highest BCUT2D eigenvalue weighted by Crippen LogP contribution is 2.33. The number of fused-ring (bicyclic) bond motifs is 1. The lowest BCUT2D eigenvalue weighted by Gasteiger charge is -2.21. The zero-order chi connectivity index (χ0) is 17.3. The lowest BCUT2D eigenvalue weighted by Crippen LogP contribution is -2.36. The van der Waals surface area contributed by atoms with Crippen molar-refractivity contribution in [1.29, 1.82) is 0 Å². The number of nitrogens with one attached hydrogen (secondary N) is 1. The maximum absolute atomic E-state index is 12.2. The van der Waals surface area contributed by atoms with Crippen LogP contribution in [-0.4, -0.2) is 58.8 Å². The van der Waals surface area contributed by atoms with Crippen LogP contribution in [0.25, 0.3) is 0 Å². The van der Waals surface area contributed by atoms with E-state index in [1.807, 2.05) is 4.90 Å². The van der Waals surface area contributed by atoms with Gasteiger partial charge in [-0.3, -0.25) is 14.3 Å². The van der Waals surface area contributed by atoms with Gasteiger partial charge in [0, 0.05) is 51.1 Å². The Morgan fingerprint density at radius 2 is 2.21 bits per heavy atom. The van der Waals surface area contributed by atoms with Crippen LogP contribution in [-0.2, 0) is 16.6 Å². The number of nitrogens with zero attached hydrogens (tertiary/aromatic N) is 3. The Labute approximate surface area is 142 Å². The topological polar surface area (TPSA) is 76.5 Å². The van der Waals surface area contributed by atoms with Gasteiger partial charge in [0.1, 0.15) is 5.69 Å². The van der Waals surface area contributed by atoms with Crippen molar-refractivity contribution in [1.82, 2.24) is 20.0 Å². The van der Waals surface area contributed by atoms with Crippen LogP contribution in [0.3, 0.4) is 0 Å². The molecule has 0 aromatic carbocycles. The number of rotatable bonds is 5. The molecule has 0 saturated carbocycles. The number of amides is 2. The van der Waals surface area contributed by atoms with Gasteiger partial charge in [0.25, 0.3) is 5.91 Å². The molecule has 1 aromatic heterocycles. The van der Waals surface area contributed by atoms with Crippen molar-refractivity contribution in [2.24, 2.45) is 24.8 Å². The van der Waals surface area contributed by atoms with E-state index in [4.69, 9.17) is 4.74 Å². The molecule has 2 saturated heterocycles. The van der Waals surface area contributed by atoms with Crippen molar-refractivity contribution in [2.75, 3.05) is 26.2 Å². The summed E-state index contributed by atoms with van der Waals surface area (Å²) in [4.78, 5) is 26.4. The van der Waals surface area contributed by atoms with Gasteiger partial charge in [-0.05, 0) is 12.0 Å². The fourth-order valence-electron chi connectivity index (χ4n) is 3.60. The van der Waals surface area contributed by atoms with Crippen LogP contribution >= 0.6 is 0 Å². The molecule has 7 nitrogen and oxygen atoms in total. The van der Waals surface area contributed by atoms with Crippen molar-refractivity contribution in [2.45, 2.75) is 26.4 Å². The molecule has 3 heterocycles. The smallest absolute Gasteiger partial charge is 0.269 e. The molecule has 0 aliphatic carbocycles. The van der Waals surface area contributed by atoms with E-state index < -0.39 is 0 Å². The largest absolute Gasteiger partial charge is 0.376 e. The highest BCUT2D eigenvalue weighted by molar-refractivity contribution is 5.92. The molecule has 0 radical (unpaired) electrons. The van der Waals surface area contributed by atoms with Crippen LogP contribution in [0, 0.1) is 17.8 Å². The van der Waals surface area contributed by atoms with Crippen molar-refractivity contribution < 1.29 is 14.3 Å². The van der Waals surface area contributed by atoms with Gasteiger partial charge in [0.15, 0.2) is 0 Å². The number of carbonyl (C=O) groups excluding carboxylic acids is 2. The maximum Gasteiger partial charge on any atom is 0.269 e. The summed E-state index contributed by atoms with van der Waals surface area (Å²) >= 11 is 0. The second kappa shape index (κ2) is 6.93. The Kier molecular flexibility index (Phi) is 4.89. The van der Waals surface area contributed by atoms with Crippen LogP contribution < -0.4 is 5.32 Å². The highest BCUT2D eigenvalue weighted by atomic mass is 16.5. The van der Waals surface area contributed by atoms with E-state index in [0.717, 1.165) is 6.54 Å². The van der Waals surface area contributed by atoms with Crippen molar-refractivity contribution in [3.05, 3.63) is 18.0 Å². The molecule has 3 rings (SSSR count). The summed E-state index contributed by atoms with van der Waals surface area (Å²) in [7, 11) is 1.75. The molecule has 132 valence electrons. The van der Waals surface area contributed by atoms with E-state index in [9.17, 15) is 9.59 Å². The molecule has 7 heteroatoms. The summed E-state index contributed by atoms with van der Waals surface area (Å²) in [6.07, 6.45) is 2.31. The van der Waals surface area contributed by atoms with Crippen LogP contribution in [0.2, 0.25) is 0 Å². The van der Waals surface area contributed by atoms with Gasteiger partial charge in [-0.15, -0.1) is 0 Å². The number of carbonyl (C=O) groups is 2.